The van der Waals surface area contributed by atoms with Gasteiger partial charge in [0.1, 0.15) is 29.1 Å². The van der Waals surface area contributed by atoms with Gasteiger partial charge in [-0.05, 0) is 30.0 Å². The van der Waals surface area contributed by atoms with E-state index in [1.807, 2.05) is 0 Å². The molecule has 0 aliphatic carbocycles. The van der Waals surface area contributed by atoms with Crippen LogP contribution in [0.1, 0.15) is 47.5 Å². The molecule has 0 bridgehead atoms. The smallest absolute Gasteiger partial charge is 0.303 e. The first kappa shape index (κ1) is 32.6. The highest BCUT2D eigenvalue weighted by Crippen LogP contribution is 2.34. The summed E-state index contributed by atoms with van der Waals surface area (Å²) in [6, 6.07) is -0.558. The molecule has 1 aliphatic heterocycles. The largest absolute Gasteiger partial charge is 0.456 e. The van der Waals surface area contributed by atoms with E-state index in [4.69, 9.17) is 18.9 Å². The van der Waals surface area contributed by atoms with Crippen LogP contribution in [0.15, 0.2) is 0 Å². The van der Waals surface area contributed by atoms with Crippen molar-refractivity contribution in [1.29, 1.82) is 0 Å². The summed E-state index contributed by atoms with van der Waals surface area (Å²) in [6.07, 6.45) is 1.55. The van der Waals surface area contributed by atoms with Crippen LogP contribution in [0.4, 0.5) is 0 Å². The van der Waals surface area contributed by atoms with Crippen molar-refractivity contribution >= 4 is 63.3 Å². The molecular weight excluding hydrogens is 530 g/mol. The minimum Gasteiger partial charge on any atom is -0.456 e. The fourth-order valence-corrected chi connectivity index (χ4v) is 6.96. The van der Waals surface area contributed by atoms with Crippen LogP contribution >= 0.6 is 23.5 Å². The van der Waals surface area contributed by atoms with Crippen molar-refractivity contribution in [3.63, 3.8) is 0 Å². The second-order valence-corrected chi connectivity index (χ2v) is 12.9. The third-order valence-electron chi connectivity index (χ3n) is 5.11. The van der Waals surface area contributed by atoms with Crippen LogP contribution in [-0.2, 0) is 53.8 Å². The number of unbranched alkanes of at least 4 members (excludes halogenated alkanes) is 1. The molecule has 1 heterocycles. The molecule has 1 unspecified atom stereocenters. The van der Waals surface area contributed by atoms with E-state index in [1.165, 1.54) is 51.2 Å². The van der Waals surface area contributed by atoms with Gasteiger partial charge in [-0.3, -0.25) is 24.0 Å². The van der Waals surface area contributed by atoms with Crippen molar-refractivity contribution in [2.24, 2.45) is 0 Å². The average molecular weight is 569 g/mol. The van der Waals surface area contributed by atoms with Crippen LogP contribution in [-0.4, -0.2) is 94.6 Å². The van der Waals surface area contributed by atoms with Gasteiger partial charge in [0.15, 0.2) is 23.4 Å². The van der Waals surface area contributed by atoms with E-state index in [2.05, 4.69) is 11.6 Å². The summed E-state index contributed by atoms with van der Waals surface area (Å²) < 4.78 is 22.8. The highest BCUT2D eigenvalue weighted by atomic mass is 32.2. The number of rotatable bonds is 13. The highest BCUT2D eigenvalue weighted by Gasteiger charge is 2.54. The molecule has 10 nitrogen and oxygen atoms in total. The maximum atomic E-state index is 12.1. The Labute approximate surface area is 224 Å². The number of hydrogen-bond donors (Lipinski definition) is 1. The van der Waals surface area contributed by atoms with Gasteiger partial charge in [-0.2, -0.15) is 0 Å². The molecule has 1 saturated heterocycles. The van der Waals surface area contributed by atoms with Gasteiger partial charge >= 0.3 is 17.9 Å². The maximum Gasteiger partial charge on any atom is 0.303 e. The van der Waals surface area contributed by atoms with Crippen LogP contribution in [0.3, 0.4) is 0 Å². The van der Waals surface area contributed by atoms with E-state index >= 15 is 0 Å². The van der Waals surface area contributed by atoms with Crippen LogP contribution < -0.4 is 5.32 Å². The van der Waals surface area contributed by atoms with Gasteiger partial charge in [0.05, 0.1) is 6.26 Å². The Morgan fingerprint density at radius 3 is 1.94 bits per heavy atom. The van der Waals surface area contributed by atoms with E-state index < -0.39 is 53.8 Å². The second kappa shape index (κ2) is 16.4. The summed E-state index contributed by atoms with van der Waals surface area (Å²) in [5, 5.41) is 3.02. The molecular formula is C23H38NO9S3+. The summed E-state index contributed by atoms with van der Waals surface area (Å²) in [5.74, 6) is 0.0321. The van der Waals surface area contributed by atoms with Crippen molar-refractivity contribution in [2.45, 2.75) is 83.4 Å². The van der Waals surface area contributed by atoms with Gasteiger partial charge in [-0.1, -0.05) is 11.8 Å². The summed E-state index contributed by atoms with van der Waals surface area (Å²) >= 11 is 2.56. The number of ether oxygens (including phenoxy) is 4. The predicted molar refractivity (Wildman–Crippen MR) is 142 cm³/mol. The van der Waals surface area contributed by atoms with E-state index in [1.54, 1.807) is 13.2 Å². The van der Waals surface area contributed by atoms with Crippen LogP contribution in [0.2, 0.25) is 0 Å². The zero-order chi connectivity index (χ0) is 27.4. The summed E-state index contributed by atoms with van der Waals surface area (Å²) in [7, 11) is -0.142. The van der Waals surface area contributed by atoms with Gasteiger partial charge in [0.2, 0.25) is 5.91 Å². The lowest BCUT2D eigenvalue weighted by Crippen LogP contribution is -2.66. The Kier molecular flexibility index (Phi) is 14.9. The summed E-state index contributed by atoms with van der Waals surface area (Å²) in [5.41, 5.74) is -0.728. The van der Waals surface area contributed by atoms with E-state index in [0.717, 1.165) is 24.3 Å². The summed E-state index contributed by atoms with van der Waals surface area (Å²) in [6.45, 7) is 6.61. The number of thioether (sulfide) groups is 2. The molecule has 1 amide bonds. The number of esters is 3. The molecule has 1 N–H and O–H groups in total. The topological polar surface area (TPSA) is 134 Å². The molecule has 1 aliphatic rings. The number of carbonyl (C=O) groups is 5. The first-order chi connectivity index (χ1) is 16.8. The Balaban J connectivity index is 3.21. The molecule has 0 aromatic carbocycles. The molecule has 36 heavy (non-hydrogen) atoms. The lowest BCUT2D eigenvalue weighted by molar-refractivity contribution is -0.234. The Hall–Kier alpha value is -1.44. The van der Waals surface area contributed by atoms with Gasteiger partial charge in [0.25, 0.3) is 0 Å². The second-order valence-electron chi connectivity index (χ2n) is 8.43. The third-order valence-corrected chi connectivity index (χ3v) is 8.77. The molecule has 0 aromatic heterocycles. The Bertz CT molecular complexity index is 782. The molecule has 1 rings (SSSR count). The lowest BCUT2D eigenvalue weighted by Gasteiger charge is -2.46. The van der Waals surface area contributed by atoms with E-state index in [0.29, 0.717) is 5.75 Å². The monoisotopic (exact) mass is 568 g/mol. The Morgan fingerprint density at radius 2 is 1.44 bits per heavy atom. The van der Waals surface area contributed by atoms with Gasteiger partial charge in [-0.15, -0.1) is 11.8 Å². The van der Waals surface area contributed by atoms with Crippen LogP contribution in [0.25, 0.3) is 0 Å². The normalized spacial score (nSPS) is 25.2. The SMILES string of the molecule is CS[C@H]1O[C@H]([C@H](C[S+](C)CCCCSC(C)=O)NC(C)=O)[C@H](OC(C)=O)[C@H](OC(C)=O)[C@H]1OC(C)=O. The zero-order valence-electron chi connectivity index (χ0n) is 21.9. The number of hydrogen-bond acceptors (Lipinski definition) is 11. The quantitative estimate of drug-likeness (QED) is 0.150. The minimum absolute atomic E-state index is 0.0971. The molecule has 1 fully saturated rings. The predicted octanol–water partition coefficient (Wildman–Crippen LogP) is 1.68. The van der Waals surface area contributed by atoms with Crippen LogP contribution in [0.5, 0.6) is 0 Å². The molecule has 0 radical (unpaired) electrons. The molecule has 7 atom stereocenters. The van der Waals surface area contributed by atoms with Crippen molar-refractivity contribution < 1.29 is 42.9 Å². The Morgan fingerprint density at radius 1 is 0.889 bits per heavy atom. The highest BCUT2D eigenvalue weighted by molar-refractivity contribution is 8.13. The van der Waals surface area contributed by atoms with Crippen molar-refractivity contribution in [2.75, 3.05) is 29.8 Å². The first-order valence-corrected chi connectivity index (χ1v) is 15.8. The number of carbonyl (C=O) groups excluding carboxylic acids is 5. The summed E-state index contributed by atoms with van der Waals surface area (Å²) in [4.78, 5) is 59.1. The average Bonchev–Trinajstić information content (AvgIpc) is 2.74. The molecule has 13 heteroatoms. The van der Waals surface area contributed by atoms with E-state index in [-0.39, 0.29) is 21.9 Å². The lowest BCUT2D eigenvalue weighted by atomic mass is 9.94. The van der Waals surface area contributed by atoms with Crippen molar-refractivity contribution in [3.8, 4) is 0 Å². The van der Waals surface area contributed by atoms with Crippen molar-refractivity contribution in [3.05, 3.63) is 0 Å². The number of amides is 1. The van der Waals surface area contributed by atoms with Gasteiger partial charge in [-0.25, -0.2) is 0 Å². The third kappa shape index (κ3) is 11.7. The maximum absolute atomic E-state index is 12.1. The first-order valence-electron chi connectivity index (χ1n) is 11.5. The molecule has 0 saturated carbocycles. The zero-order valence-corrected chi connectivity index (χ0v) is 24.3. The molecule has 206 valence electrons. The fourth-order valence-electron chi connectivity index (χ4n) is 3.85. The van der Waals surface area contributed by atoms with Gasteiger partial charge < -0.3 is 24.3 Å². The standard InChI is InChI=1S/C23H37NO9S3/c1-13(25)24-18(12-36(7)11-9-8-10-35-17(5)29)19-20(30-14(2)26)21(31-15(3)27)22(32-16(4)28)23(33-19)34-6/h18-23H,8-12H2,1-7H3/p+1/t18-,19+,20-,21-,22+,23+,36?/m0/s1. The van der Waals surface area contributed by atoms with Gasteiger partial charge in [0, 0.05) is 40.4 Å². The van der Waals surface area contributed by atoms with Crippen LogP contribution in [0, 0.1) is 0 Å². The fraction of sp³-hybridized carbons (Fsp3) is 0.783. The van der Waals surface area contributed by atoms with E-state index in [9.17, 15) is 24.0 Å². The minimum atomic E-state index is -1.12. The van der Waals surface area contributed by atoms with Crippen molar-refractivity contribution in [1.82, 2.24) is 5.32 Å². The molecule has 0 spiro atoms. The molecule has 0 aromatic rings. The number of nitrogens with one attached hydrogen (secondary N) is 1.